The van der Waals surface area contributed by atoms with Crippen molar-refractivity contribution in [1.29, 1.82) is 0 Å². The van der Waals surface area contributed by atoms with Gasteiger partial charge >= 0.3 is 6.03 Å². The number of amides is 4. The molecule has 0 atom stereocenters. The number of rotatable bonds is 5. The Kier molecular flexibility index (Phi) is 5.93. The van der Waals surface area contributed by atoms with Crippen molar-refractivity contribution in [1.82, 2.24) is 15.2 Å². The Bertz CT molecular complexity index is 1330. The van der Waals surface area contributed by atoms with E-state index in [2.05, 4.69) is 15.6 Å². The normalized spacial score (nSPS) is 15.4. The minimum absolute atomic E-state index is 0.0135. The fraction of sp³-hybridized carbons (Fsp3) is 0.217. The number of ether oxygens (including phenoxy) is 1. The monoisotopic (exact) mass is 498 g/mol. The maximum absolute atomic E-state index is 12.8. The molecule has 0 bridgehead atoms. The molecule has 5 rings (SSSR count). The van der Waals surface area contributed by atoms with E-state index in [1.165, 1.54) is 18.3 Å². The maximum Gasteiger partial charge on any atom is 0.319 e. The summed E-state index contributed by atoms with van der Waals surface area (Å²) < 4.78 is 6.00. The lowest BCUT2D eigenvalue weighted by molar-refractivity contribution is 0.0830. The fourth-order valence-corrected chi connectivity index (χ4v) is 4.50. The number of fused-ring (bicyclic) bond motifs is 1. The molecule has 174 valence electrons. The van der Waals surface area contributed by atoms with Gasteiger partial charge in [0, 0.05) is 42.1 Å². The summed E-state index contributed by atoms with van der Waals surface area (Å²) >= 11 is 7.39. The van der Waals surface area contributed by atoms with E-state index >= 15 is 0 Å². The lowest BCUT2D eigenvalue weighted by Crippen LogP contribution is -2.30. The molecular formula is C23H19ClN4O5S. The zero-order valence-corrected chi connectivity index (χ0v) is 19.3. The van der Waals surface area contributed by atoms with Crippen LogP contribution >= 0.6 is 23.4 Å². The second-order valence-corrected chi connectivity index (χ2v) is 9.34. The number of anilines is 1. The summed E-state index contributed by atoms with van der Waals surface area (Å²) in [7, 11) is 0. The number of urea groups is 1. The van der Waals surface area contributed by atoms with E-state index in [1.54, 1.807) is 24.3 Å². The van der Waals surface area contributed by atoms with Crippen molar-refractivity contribution in [3.05, 3.63) is 53.2 Å². The summed E-state index contributed by atoms with van der Waals surface area (Å²) in [5.74, 6) is 0.451. The van der Waals surface area contributed by atoms with Crippen molar-refractivity contribution >= 4 is 57.1 Å². The third kappa shape index (κ3) is 4.59. The summed E-state index contributed by atoms with van der Waals surface area (Å²) in [6.45, 7) is 0.285. The molecule has 2 heterocycles. The van der Waals surface area contributed by atoms with Crippen molar-refractivity contribution in [2.75, 3.05) is 17.6 Å². The number of phenolic OH excluding ortho intramolecular Hbond substituents is 1. The van der Waals surface area contributed by atoms with Crippen molar-refractivity contribution in [2.45, 2.75) is 18.9 Å². The molecule has 2 fully saturated rings. The summed E-state index contributed by atoms with van der Waals surface area (Å²) in [4.78, 5) is 42.1. The Balaban J connectivity index is 1.41. The van der Waals surface area contributed by atoms with Gasteiger partial charge in [-0.1, -0.05) is 23.4 Å². The molecule has 1 saturated carbocycles. The molecule has 3 aromatic rings. The third-order valence-corrected chi connectivity index (χ3v) is 6.55. The van der Waals surface area contributed by atoms with E-state index in [0.29, 0.717) is 38.9 Å². The van der Waals surface area contributed by atoms with Crippen LogP contribution in [0.4, 0.5) is 15.3 Å². The number of pyridine rings is 1. The molecule has 4 amide bonds. The van der Waals surface area contributed by atoms with Gasteiger partial charge in [0.1, 0.15) is 17.2 Å². The molecule has 2 aliphatic rings. The quantitative estimate of drug-likeness (QED) is 0.453. The van der Waals surface area contributed by atoms with Crippen LogP contribution in [0, 0.1) is 0 Å². The van der Waals surface area contributed by atoms with Crippen LogP contribution in [0.3, 0.4) is 0 Å². The molecule has 9 nitrogen and oxygen atoms in total. The van der Waals surface area contributed by atoms with Crippen LogP contribution in [0.1, 0.15) is 23.2 Å². The Morgan fingerprint density at radius 2 is 2.03 bits per heavy atom. The zero-order chi connectivity index (χ0) is 23.8. The largest absolute Gasteiger partial charge is 0.507 e. The average Bonchev–Trinajstić information content (AvgIpc) is 3.51. The summed E-state index contributed by atoms with van der Waals surface area (Å²) in [6, 6.07) is 9.20. The van der Waals surface area contributed by atoms with E-state index in [4.69, 9.17) is 16.3 Å². The lowest BCUT2D eigenvalue weighted by atomic mass is 10.1. The van der Waals surface area contributed by atoms with Crippen molar-refractivity contribution in [3.8, 4) is 17.2 Å². The van der Waals surface area contributed by atoms with Gasteiger partial charge in [-0.25, -0.2) is 4.79 Å². The first-order valence-corrected chi connectivity index (χ1v) is 11.9. The smallest absolute Gasteiger partial charge is 0.319 e. The third-order valence-electron chi connectivity index (χ3n) is 5.38. The molecule has 2 aromatic carbocycles. The number of imide groups is 1. The number of aromatic hydroxyl groups is 1. The number of thioether (sulfide) groups is 1. The standard InChI is InChI=1S/C23H19ClN4O5S/c24-16-9-13(3-4-17(16)27-22(31)26-12-1-2-12)33-20-5-6-25-18-11-19(29)15(10-14(18)20)21(30)28-7-8-34-23(28)32/h3-6,9-12,29H,1-2,7-8H2,(H2,26,27,31). The summed E-state index contributed by atoms with van der Waals surface area (Å²) in [6.07, 6.45) is 3.47. The van der Waals surface area contributed by atoms with Crippen molar-refractivity contribution in [2.24, 2.45) is 0 Å². The van der Waals surface area contributed by atoms with Gasteiger partial charge in [0.05, 0.1) is 21.8 Å². The Morgan fingerprint density at radius 1 is 1.21 bits per heavy atom. The number of carbonyl (C=O) groups excluding carboxylic acids is 3. The van der Waals surface area contributed by atoms with Gasteiger partial charge in [0.15, 0.2) is 0 Å². The van der Waals surface area contributed by atoms with E-state index < -0.39 is 5.91 Å². The van der Waals surface area contributed by atoms with Crippen LogP contribution in [0.2, 0.25) is 5.02 Å². The molecule has 0 spiro atoms. The predicted octanol–water partition coefficient (Wildman–Crippen LogP) is 4.98. The SMILES string of the molecule is O=C(Nc1ccc(Oc2ccnc3cc(O)c(C(=O)N4CCSC4=O)cc23)cc1Cl)NC1CC1. The van der Waals surface area contributed by atoms with Crippen LogP contribution in [-0.4, -0.2) is 50.5 Å². The van der Waals surface area contributed by atoms with Gasteiger partial charge in [0.25, 0.3) is 11.1 Å². The van der Waals surface area contributed by atoms with Crippen molar-refractivity contribution in [3.63, 3.8) is 0 Å². The first-order chi connectivity index (χ1) is 16.4. The zero-order valence-electron chi connectivity index (χ0n) is 17.7. The number of aromatic nitrogens is 1. The number of carbonyl (C=O) groups is 3. The molecule has 0 radical (unpaired) electrons. The number of hydrogen-bond acceptors (Lipinski definition) is 7. The number of nitrogens with one attached hydrogen (secondary N) is 2. The van der Waals surface area contributed by atoms with Gasteiger partial charge in [-0.3, -0.25) is 19.5 Å². The Morgan fingerprint density at radius 3 is 2.74 bits per heavy atom. The van der Waals surface area contributed by atoms with E-state index in [1.807, 2.05) is 0 Å². The molecule has 11 heteroatoms. The first kappa shape index (κ1) is 22.3. The molecule has 3 N–H and O–H groups in total. The first-order valence-electron chi connectivity index (χ1n) is 10.5. The van der Waals surface area contributed by atoms with Crippen LogP contribution < -0.4 is 15.4 Å². The highest BCUT2D eigenvalue weighted by molar-refractivity contribution is 8.13. The highest BCUT2D eigenvalue weighted by Crippen LogP contribution is 2.36. The van der Waals surface area contributed by atoms with Gasteiger partial charge < -0.3 is 20.5 Å². The van der Waals surface area contributed by atoms with E-state index in [-0.39, 0.29) is 35.2 Å². The van der Waals surface area contributed by atoms with Crippen molar-refractivity contribution < 1.29 is 24.2 Å². The molecule has 1 aliphatic heterocycles. The summed E-state index contributed by atoms with van der Waals surface area (Å²) in [5.41, 5.74) is 0.841. The second-order valence-electron chi connectivity index (χ2n) is 7.88. The van der Waals surface area contributed by atoms with Crippen LogP contribution in [0.5, 0.6) is 17.2 Å². The maximum atomic E-state index is 12.8. The van der Waals surface area contributed by atoms with Crippen LogP contribution in [0.15, 0.2) is 42.6 Å². The topological polar surface area (TPSA) is 121 Å². The number of hydrogen-bond donors (Lipinski definition) is 3. The highest BCUT2D eigenvalue weighted by Gasteiger charge is 2.30. The van der Waals surface area contributed by atoms with E-state index in [9.17, 15) is 19.5 Å². The Labute approximate surface area is 203 Å². The molecule has 1 aliphatic carbocycles. The van der Waals surface area contributed by atoms with Crippen LogP contribution in [0.25, 0.3) is 10.9 Å². The molecule has 34 heavy (non-hydrogen) atoms. The number of phenols is 1. The second kappa shape index (κ2) is 9.03. The van der Waals surface area contributed by atoms with Gasteiger partial charge in [-0.2, -0.15) is 0 Å². The Hall–Kier alpha value is -3.50. The molecule has 1 aromatic heterocycles. The van der Waals surface area contributed by atoms with Gasteiger partial charge in [0.2, 0.25) is 0 Å². The average molecular weight is 499 g/mol. The minimum atomic E-state index is -0.577. The molecular weight excluding hydrogens is 480 g/mol. The molecule has 0 unspecified atom stereocenters. The summed E-state index contributed by atoms with van der Waals surface area (Å²) in [5, 5.41) is 16.4. The number of halogens is 1. The van der Waals surface area contributed by atoms with Gasteiger partial charge in [-0.15, -0.1) is 0 Å². The number of benzene rings is 2. The molecule has 1 saturated heterocycles. The fourth-order valence-electron chi connectivity index (χ4n) is 3.50. The predicted molar refractivity (Wildman–Crippen MR) is 129 cm³/mol. The highest BCUT2D eigenvalue weighted by atomic mass is 35.5. The minimum Gasteiger partial charge on any atom is -0.507 e. The lowest BCUT2D eigenvalue weighted by Gasteiger charge is -2.15. The van der Waals surface area contributed by atoms with Gasteiger partial charge in [-0.05, 0) is 37.1 Å². The number of nitrogens with zero attached hydrogens (tertiary/aromatic N) is 2. The van der Waals surface area contributed by atoms with Crippen LogP contribution in [-0.2, 0) is 0 Å². The van der Waals surface area contributed by atoms with E-state index in [0.717, 1.165) is 29.5 Å².